The van der Waals surface area contributed by atoms with Crippen LogP contribution in [0.5, 0.6) is 0 Å². The molecule has 1 heterocycles. The van der Waals surface area contributed by atoms with E-state index in [9.17, 15) is 4.79 Å². The summed E-state index contributed by atoms with van der Waals surface area (Å²) in [6.07, 6.45) is 0. The van der Waals surface area contributed by atoms with Crippen molar-refractivity contribution in [2.75, 3.05) is 11.1 Å². The van der Waals surface area contributed by atoms with Crippen LogP contribution in [0, 0.1) is 6.92 Å². The van der Waals surface area contributed by atoms with E-state index in [0.717, 1.165) is 16.8 Å². The van der Waals surface area contributed by atoms with Crippen LogP contribution in [0.15, 0.2) is 78.0 Å². The number of hydrogen-bond donors (Lipinski definition) is 1. The average Bonchev–Trinajstić information content (AvgIpc) is 3.20. The second kappa shape index (κ2) is 9.56. The Balaban J connectivity index is 1.59. The summed E-state index contributed by atoms with van der Waals surface area (Å²) < 4.78 is 1.94. The van der Waals surface area contributed by atoms with Crippen molar-refractivity contribution in [3.05, 3.63) is 88.4 Å². The normalized spacial score (nSPS) is 10.8. The van der Waals surface area contributed by atoms with Gasteiger partial charge in [-0.05, 0) is 61.0 Å². The zero-order valence-electron chi connectivity index (χ0n) is 16.5. The lowest BCUT2D eigenvalue weighted by Crippen LogP contribution is -2.15. The van der Waals surface area contributed by atoms with Gasteiger partial charge in [-0.15, -0.1) is 10.2 Å². The van der Waals surface area contributed by atoms with Crippen molar-refractivity contribution in [3.8, 4) is 17.1 Å². The van der Waals surface area contributed by atoms with E-state index in [1.165, 1.54) is 11.8 Å². The average molecular weight is 469 g/mol. The van der Waals surface area contributed by atoms with E-state index in [-0.39, 0.29) is 11.7 Å². The number of aromatic nitrogens is 3. The molecular weight excluding hydrogens is 451 g/mol. The number of amides is 1. The number of anilines is 1. The number of halogens is 2. The fraction of sp³-hybridized carbons (Fsp3) is 0.0870. The molecular formula is C23H18Cl2N4OS. The van der Waals surface area contributed by atoms with Crippen LogP contribution in [-0.2, 0) is 4.79 Å². The van der Waals surface area contributed by atoms with E-state index < -0.39 is 0 Å². The molecule has 1 aromatic heterocycles. The number of nitrogens with zero attached hydrogens (tertiary/aromatic N) is 3. The number of thioether (sulfide) groups is 1. The van der Waals surface area contributed by atoms with Crippen molar-refractivity contribution >= 4 is 46.6 Å². The van der Waals surface area contributed by atoms with Gasteiger partial charge in [0.1, 0.15) is 0 Å². The third-order valence-electron chi connectivity index (χ3n) is 4.56. The molecule has 156 valence electrons. The van der Waals surface area contributed by atoms with Crippen molar-refractivity contribution in [2.45, 2.75) is 12.1 Å². The maximum atomic E-state index is 12.6. The molecule has 4 aromatic rings. The van der Waals surface area contributed by atoms with Crippen LogP contribution >= 0.6 is 35.0 Å². The molecule has 0 saturated carbocycles. The van der Waals surface area contributed by atoms with Gasteiger partial charge in [-0.25, -0.2) is 0 Å². The molecule has 5 nitrogen and oxygen atoms in total. The summed E-state index contributed by atoms with van der Waals surface area (Å²) in [6.45, 7) is 1.92. The molecule has 0 spiro atoms. The number of nitrogens with one attached hydrogen (secondary N) is 1. The second-order valence-electron chi connectivity index (χ2n) is 6.78. The van der Waals surface area contributed by atoms with Gasteiger partial charge >= 0.3 is 0 Å². The molecule has 0 unspecified atom stereocenters. The standard InChI is InChI=1S/C23H18Cl2N4OS/c1-15-7-10-18(25)13-20(15)26-21(30)14-31-23-28-27-22(16-8-11-17(24)12-9-16)29(23)19-5-3-2-4-6-19/h2-13H,14H2,1H3,(H,26,30). The molecule has 0 bridgehead atoms. The number of rotatable bonds is 6. The molecule has 0 saturated heterocycles. The summed E-state index contributed by atoms with van der Waals surface area (Å²) >= 11 is 13.4. The van der Waals surface area contributed by atoms with Crippen LogP contribution in [0.25, 0.3) is 17.1 Å². The van der Waals surface area contributed by atoms with E-state index in [0.29, 0.717) is 26.7 Å². The Morgan fingerprint density at radius 1 is 0.968 bits per heavy atom. The highest BCUT2D eigenvalue weighted by Gasteiger charge is 2.17. The van der Waals surface area contributed by atoms with Gasteiger partial charge in [0.05, 0.1) is 5.75 Å². The fourth-order valence-corrected chi connectivity index (χ4v) is 4.05. The summed E-state index contributed by atoms with van der Waals surface area (Å²) in [4.78, 5) is 12.6. The first-order valence-corrected chi connectivity index (χ1v) is 11.2. The molecule has 1 N–H and O–H groups in total. The van der Waals surface area contributed by atoms with Gasteiger partial charge in [0, 0.05) is 27.0 Å². The Labute approximate surface area is 194 Å². The maximum absolute atomic E-state index is 12.6. The number of carbonyl (C=O) groups is 1. The Morgan fingerprint density at radius 3 is 2.42 bits per heavy atom. The lowest BCUT2D eigenvalue weighted by molar-refractivity contribution is -0.113. The van der Waals surface area contributed by atoms with Gasteiger partial charge < -0.3 is 5.32 Å². The monoisotopic (exact) mass is 468 g/mol. The molecule has 0 atom stereocenters. The summed E-state index contributed by atoms with van der Waals surface area (Å²) in [6, 6.07) is 22.6. The summed E-state index contributed by atoms with van der Waals surface area (Å²) in [5, 5.41) is 13.5. The van der Waals surface area contributed by atoms with Crippen LogP contribution in [0.3, 0.4) is 0 Å². The van der Waals surface area contributed by atoms with E-state index in [4.69, 9.17) is 23.2 Å². The first kappa shape index (κ1) is 21.4. The lowest BCUT2D eigenvalue weighted by Gasteiger charge is -2.11. The first-order valence-electron chi connectivity index (χ1n) is 9.47. The summed E-state index contributed by atoms with van der Waals surface area (Å²) in [5.74, 6) is 0.708. The van der Waals surface area contributed by atoms with Gasteiger partial charge in [0.25, 0.3) is 0 Å². The smallest absolute Gasteiger partial charge is 0.234 e. The topological polar surface area (TPSA) is 59.8 Å². The van der Waals surface area contributed by atoms with E-state index in [1.54, 1.807) is 12.1 Å². The van der Waals surface area contributed by atoms with E-state index in [2.05, 4.69) is 15.5 Å². The Hall–Kier alpha value is -2.80. The molecule has 0 aliphatic rings. The third-order valence-corrected chi connectivity index (χ3v) is 5.97. The molecule has 1 amide bonds. The molecule has 0 fully saturated rings. The molecule has 8 heteroatoms. The number of hydrogen-bond acceptors (Lipinski definition) is 4. The van der Waals surface area contributed by atoms with Crippen molar-refractivity contribution in [1.82, 2.24) is 14.8 Å². The van der Waals surface area contributed by atoms with Crippen LogP contribution < -0.4 is 5.32 Å². The molecule has 0 aliphatic heterocycles. The summed E-state index contributed by atoms with van der Waals surface area (Å²) in [7, 11) is 0. The second-order valence-corrected chi connectivity index (χ2v) is 8.60. The van der Waals surface area contributed by atoms with Crippen LogP contribution in [0.4, 0.5) is 5.69 Å². The maximum Gasteiger partial charge on any atom is 0.234 e. The minimum atomic E-state index is -0.147. The SMILES string of the molecule is Cc1ccc(Cl)cc1NC(=O)CSc1nnc(-c2ccc(Cl)cc2)n1-c1ccccc1. The Morgan fingerprint density at radius 2 is 1.68 bits per heavy atom. The number of carbonyl (C=O) groups excluding carboxylic acids is 1. The summed E-state index contributed by atoms with van der Waals surface area (Å²) in [5.41, 5.74) is 3.43. The Bertz CT molecular complexity index is 1210. The predicted molar refractivity (Wildman–Crippen MR) is 127 cm³/mol. The van der Waals surface area contributed by atoms with Gasteiger partial charge in [-0.3, -0.25) is 9.36 Å². The zero-order valence-corrected chi connectivity index (χ0v) is 18.9. The number of aryl methyl sites for hydroxylation is 1. The molecule has 4 rings (SSSR count). The largest absolute Gasteiger partial charge is 0.325 e. The van der Waals surface area contributed by atoms with Gasteiger partial charge in [-0.1, -0.05) is 59.2 Å². The minimum Gasteiger partial charge on any atom is -0.325 e. The van der Waals surface area contributed by atoms with E-state index in [1.807, 2.05) is 72.2 Å². The first-order chi connectivity index (χ1) is 15.0. The van der Waals surface area contributed by atoms with Gasteiger partial charge in [-0.2, -0.15) is 0 Å². The quantitative estimate of drug-likeness (QED) is 0.338. The Kier molecular flexibility index (Phi) is 6.61. The zero-order chi connectivity index (χ0) is 21.8. The number of para-hydroxylation sites is 1. The van der Waals surface area contributed by atoms with Crippen LogP contribution in [-0.4, -0.2) is 26.4 Å². The predicted octanol–water partition coefficient (Wildman–Crippen LogP) is 6.28. The lowest BCUT2D eigenvalue weighted by atomic mass is 10.2. The molecule has 0 radical (unpaired) electrons. The minimum absolute atomic E-state index is 0.147. The molecule has 31 heavy (non-hydrogen) atoms. The van der Waals surface area contributed by atoms with Gasteiger partial charge in [0.15, 0.2) is 11.0 Å². The highest BCUT2D eigenvalue weighted by atomic mass is 35.5. The number of benzene rings is 3. The fourth-order valence-electron chi connectivity index (χ4n) is 3.00. The van der Waals surface area contributed by atoms with E-state index >= 15 is 0 Å². The van der Waals surface area contributed by atoms with Crippen molar-refractivity contribution in [3.63, 3.8) is 0 Å². The third kappa shape index (κ3) is 5.10. The van der Waals surface area contributed by atoms with Crippen LogP contribution in [0.1, 0.15) is 5.56 Å². The molecule has 0 aliphatic carbocycles. The van der Waals surface area contributed by atoms with Crippen LogP contribution in [0.2, 0.25) is 10.0 Å². The highest BCUT2D eigenvalue weighted by Crippen LogP contribution is 2.29. The van der Waals surface area contributed by atoms with Gasteiger partial charge in [0.2, 0.25) is 5.91 Å². The van der Waals surface area contributed by atoms with Crippen molar-refractivity contribution in [1.29, 1.82) is 0 Å². The highest BCUT2D eigenvalue weighted by molar-refractivity contribution is 7.99. The molecule has 3 aromatic carbocycles. The van der Waals surface area contributed by atoms with Crippen molar-refractivity contribution in [2.24, 2.45) is 0 Å². The van der Waals surface area contributed by atoms with Crippen molar-refractivity contribution < 1.29 is 4.79 Å².